The molecule has 19 heteroatoms. The zero-order valence-electron chi connectivity index (χ0n) is 25.8. The fraction of sp³-hybridized carbons (Fsp3) is 0.444. The number of phenolic OH excluding ortho intramolecular Hbond substituents is 1. The van der Waals surface area contributed by atoms with Crippen LogP contribution in [0.2, 0.25) is 0 Å². The van der Waals surface area contributed by atoms with Crippen molar-refractivity contribution >= 4 is 49.5 Å². The maximum Gasteiger partial charge on any atom is 0.357 e. The minimum absolute atomic E-state index is 0.0325. The van der Waals surface area contributed by atoms with Gasteiger partial charge in [-0.15, -0.1) is 11.3 Å². The van der Waals surface area contributed by atoms with Crippen LogP contribution >= 0.6 is 26.5 Å². The number of imidazole rings is 1. The van der Waals surface area contributed by atoms with Gasteiger partial charge in [-0.1, -0.05) is 0 Å². The highest BCUT2D eigenvalue weighted by molar-refractivity contribution is 7.54. The Morgan fingerprint density at radius 1 is 1.09 bits per heavy atom. The number of benzene rings is 1. The average molecular weight is 699 g/mol. The van der Waals surface area contributed by atoms with Gasteiger partial charge in [0.2, 0.25) is 0 Å². The second-order valence-corrected chi connectivity index (χ2v) is 14.6. The van der Waals surface area contributed by atoms with Crippen LogP contribution in [0.5, 0.6) is 5.75 Å². The van der Waals surface area contributed by atoms with Crippen LogP contribution in [-0.2, 0) is 34.2 Å². The molecule has 3 heterocycles. The van der Waals surface area contributed by atoms with Crippen molar-refractivity contribution < 1.29 is 47.3 Å². The summed E-state index contributed by atoms with van der Waals surface area (Å²) in [6.45, 7) is 8.82. The van der Waals surface area contributed by atoms with Crippen LogP contribution in [0, 0.1) is 6.92 Å². The van der Waals surface area contributed by atoms with E-state index in [4.69, 9.17) is 28.3 Å². The van der Waals surface area contributed by atoms with Crippen LogP contribution in [0.1, 0.15) is 54.4 Å². The average Bonchev–Trinajstić information content (AvgIpc) is 3.59. The monoisotopic (exact) mass is 698 g/mol. The van der Waals surface area contributed by atoms with Crippen molar-refractivity contribution in [3.05, 3.63) is 47.0 Å². The Bertz CT molecular complexity index is 1770. The number of fused-ring (bicyclic) bond motifs is 1. The summed E-state index contributed by atoms with van der Waals surface area (Å²) in [7, 11) is -8.41. The third-order valence-electron chi connectivity index (χ3n) is 6.42. The molecule has 0 spiro atoms. The van der Waals surface area contributed by atoms with Gasteiger partial charge < -0.3 is 43.3 Å². The first-order chi connectivity index (χ1) is 21.8. The number of carbonyl (C=O) groups excluding carboxylic acids is 1. The molecule has 2 unspecified atom stereocenters. The van der Waals surface area contributed by atoms with Gasteiger partial charge in [-0.25, -0.2) is 24.7 Å². The number of hydrogen-bond acceptors (Lipinski definition) is 14. The fourth-order valence-electron chi connectivity index (χ4n) is 4.49. The van der Waals surface area contributed by atoms with E-state index >= 15 is 0 Å². The van der Waals surface area contributed by atoms with E-state index in [0.717, 1.165) is 11.3 Å². The van der Waals surface area contributed by atoms with Gasteiger partial charge >= 0.3 is 21.2 Å². The normalized spacial score (nSPS) is 13.5. The zero-order chi connectivity index (χ0) is 33.6. The highest BCUT2D eigenvalue weighted by atomic mass is 32.1. The fourth-order valence-corrected chi connectivity index (χ4v) is 7.81. The summed E-state index contributed by atoms with van der Waals surface area (Å²) in [6.07, 6.45) is 1.39. The molecule has 4 aromatic rings. The first kappa shape index (κ1) is 35.6. The van der Waals surface area contributed by atoms with E-state index in [2.05, 4.69) is 25.3 Å². The highest BCUT2D eigenvalue weighted by Gasteiger charge is 2.40. The highest BCUT2D eigenvalue weighted by Crippen LogP contribution is 2.62. The van der Waals surface area contributed by atoms with Gasteiger partial charge in [0.15, 0.2) is 17.2 Å². The molecule has 0 aliphatic carbocycles. The summed E-state index contributed by atoms with van der Waals surface area (Å²) < 4.78 is 49.0. The predicted molar refractivity (Wildman–Crippen MR) is 170 cm³/mol. The molecule has 0 saturated carbocycles. The molecule has 1 aromatic carbocycles. The quantitative estimate of drug-likeness (QED) is 0.0888. The van der Waals surface area contributed by atoms with Crippen LogP contribution < -0.4 is 5.32 Å². The minimum Gasteiger partial charge on any atom is -0.508 e. The molecular weight excluding hydrogens is 662 g/mol. The number of esters is 1. The topological polar surface area (TPSA) is 217 Å². The molecule has 4 rings (SSSR count). The second kappa shape index (κ2) is 15.1. The Morgan fingerprint density at radius 2 is 1.80 bits per heavy atom. The third kappa shape index (κ3) is 8.35. The smallest absolute Gasteiger partial charge is 0.357 e. The van der Waals surface area contributed by atoms with E-state index in [1.165, 1.54) is 18.7 Å². The molecule has 46 heavy (non-hydrogen) atoms. The number of thiazole rings is 1. The van der Waals surface area contributed by atoms with Crippen LogP contribution in [0.25, 0.3) is 21.7 Å². The van der Waals surface area contributed by atoms with Crippen LogP contribution in [-0.4, -0.2) is 77.6 Å². The van der Waals surface area contributed by atoms with Crippen molar-refractivity contribution in [2.75, 3.05) is 31.5 Å². The molecule has 3 aromatic heterocycles. The van der Waals surface area contributed by atoms with Gasteiger partial charge in [-0.2, -0.15) is 0 Å². The lowest BCUT2D eigenvalue weighted by atomic mass is 10.1. The van der Waals surface area contributed by atoms with Gasteiger partial charge in [0.05, 0.1) is 44.5 Å². The SMILES string of the molecule is CCOC(=O)c1sc(-c2ccc(O)c(C(Nc3ncnc4c3ncn4CC(C)OCP(=O)(O)O)P(=O)(OCC)OCC)c2)nc1C. The van der Waals surface area contributed by atoms with E-state index in [1.54, 1.807) is 51.3 Å². The zero-order valence-corrected chi connectivity index (χ0v) is 28.4. The minimum atomic E-state index is -4.35. The van der Waals surface area contributed by atoms with Crippen molar-refractivity contribution in [2.24, 2.45) is 0 Å². The number of phenols is 1. The van der Waals surface area contributed by atoms with E-state index < -0.39 is 39.4 Å². The van der Waals surface area contributed by atoms with Crippen LogP contribution in [0.4, 0.5) is 5.82 Å². The number of aryl methyl sites for hydroxylation is 1. The van der Waals surface area contributed by atoms with Gasteiger partial charge in [0, 0.05) is 11.1 Å². The Balaban J connectivity index is 1.76. The number of nitrogens with one attached hydrogen (secondary N) is 1. The Morgan fingerprint density at radius 3 is 2.46 bits per heavy atom. The van der Waals surface area contributed by atoms with Gasteiger partial charge in [-0.05, 0) is 52.8 Å². The number of aromatic nitrogens is 5. The number of nitrogens with zero attached hydrogens (tertiary/aromatic N) is 5. The number of hydrogen-bond donors (Lipinski definition) is 4. The van der Waals surface area contributed by atoms with E-state index in [-0.39, 0.29) is 49.0 Å². The molecule has 16 nitrogen and oxygen atoms in total. The molecule has 0 bridgehead atoms. The van der Waals surface area contributed by atoms with Crippen molar-refractivity contribution in [2.45, 2.75) is 53.1 Å². The number of aromatic hydroxyl groups is 1. The number of anilines is 1. The molecule has 2 atom stereocenters. The summed E-state index contributed by atoms with van der Waals surface area (Å²) in [5.74, 6) is -1.84. The summed E-state index contributed by atoms with van der Waals surface area (Å²) >= 11 is 1.13. The van der Waals surface area contributed by atoms with Gasteiger partial charge in [-0.3, -0.25) is 9.13 Å². The number of ether oxygens (including phenoxy) is 2. The molecule has 0 aliphatic heterocycles. The Hall–Kier alpha value is -3.27. The Labute approximate surface area is 268 Å². The van der Waals surface area contributed by atoms with E-state index in [1.807, 2.05) is 0 Å². The third-order valence-corrected chi connectivity index (χ3v) is 10.4. The predicted octanol–water partition coefficient (Wildman–Crippen LogP) is 5.06. The molecule has 4 N–H and O–H groups in total. The first-order valence-corrected chi connectivity index (χ1v) is 18.5. The lowest BCUT2D eigenvalue weighted by Crippen LogP contribution is -2.18. The standard InChI is InChI=1S/C27H36N6O10P2S/c1-6-40-27(35)22-17(5)31-26(46-22)18-9-10-20(34)19(11-18)25(45(39,42-7-2)43-8-3)32-23-21-24(29-13-28-23)33(14-30-21)12-16(4)41-15-44(36,37)38/h9-11,13-14,16,25,34H,6-8,12,15H2,1-5H3,(H,28,29,32)(H2,36,37,38). The van der Waals surface area contributed by atoms with Crippen LogP contribution in [0.3, 0.4) is 0 Å². The molecule has 0 saturated heterocycles. The summed E-state index contributed by atoms with van der Waals surface area (Å²) in [5, 5.41) is 14.7. The first-order valence-electron chi connectivity index (χ1n) is 14.2. The lowest BCUT2D eigenvalue weighted by Gasteiger charge is -2.28. The molecule has 0 radical (unpaired) electrons. The molecule has 0 fully saturated rings. The van der Waals surface area contributed by atoms with E-state index in [0.29, 0.717) is 26.8 Å². The van der Waals surface area contributed by atoms with E-state index in [9.17, 15) is 19.0 Å². The Kier molecular flexibility index (Phi) is 11.7. The summed E-state index contributed by atoms with van der Waals surface area (Å²) in [4.78, 5) is 48.6. The van der Waals surface area contributed by atoms with Crippen molar-refractivity contribution in [3.8, 4) is 16.3 Å². The lowest BCUT2D eigenvalue weighted by molar-refractivity contribution is 0.0531. The van der Waals surface area contributed by atoms with Gasteiger partial charge in [0.1, 0.15) is 33.8 Å². The second-order valence-electron chi connectivity index (χ2n) is 9.91. The van der Waals surface area contributed by atoms with Crippen molar-refractivity contribution in [1.82, 2.24) is 24.5 Å². The van der Waals surface area contributed by atoms with Crippen molar-refractivity contribution in [3.63, 3.8) is 0 Å². The summed E-state index contributed by atoms with van der Waals surface area (Å²) in [5.41, 5.74) is 1.80. The number of carbonyl (C=O) groups is 1. The molecule has 0 amide bonds. The maximum absolute atomic E-state index is 14.3. The number of rotatable bonds is 16. The van der Waals surface area contributed by atoms with Crippen molar-refractivity contribution in [1.29, 1.82) is 0 Å². The summed E-state index contributed by atoms with van der Waals surface area (Å²) in [6, 6.07) is 4.63. The van der Waals surface area contributed by atoms with Crippen LogP contribution in [0.15, 0.2) is 30.9 Å². The maximum atomic E-state index is 14.3. The molecule has 250 valence electrons. The molecular formula is C27H36N6O10P2S. The largest absolute Gasteiger partial charge is 0.508 e. The molecule has 0 aliphatic rings. The van der Waals surface area contributed by atoms with Gasteiger partial charge in [0.25, 0.3) is 0 Å².